The van der Waals surface area contributed by atoms with E-state index in [-0.39, 0.29) is 47.9 Å². The molecule has 2 rings (SSSR count). The van der Waals surface area contributed by atoms with Gasteiger partial charge in [-0.3, -0.25) is 9.59 Å². The van der Waals surface area contributed by atoms with E-state index in [0.29, 0.717) is 0 Å². The zero-order valence-electron chi connectivity index (χ0n) is 15.4. The van der Waals surface area contributed by atoms with E-state index in [9.17, 15) is 34.5 Å². The van der Waals surface area contributed by atoms with Crippen LogP contribution in [0.1, 0.15) is 57.5 Å². The number of rotatable bonds is 10. The molecular formula is C21H20O8. The molecule has 0 radical (unpaired) electrons. The minimum absolute atomic E-state index is 0.0518. The minimum atomic E-state index is -1.97. The van der Waals surface area contributed by atoms with Gasteiger partial charge >= 0.3 is 23.9 Å². The number of carboxylic acids is 4. The van der Waals surface area contributed by atoms with Gasteiger partial charge in [0, 0.05) is 6.42 Å². The van der Waals surface area contributed by atoms with Crippen molar-refractivity contribution in [2.75, 3.05) is 0 Å². The second-order valence-electron chi connectivity index (χ2n) is 6.51. The Morgan fingerprint density at radius 3 is 1.52 bits per heavy atom. The van der Waals surface area contributed by atoms with Crippen molar-refractivity contribution in [2.45, 2.75) is 31.1 Å². The molecule has 0 bridgehead atoms. The second kappa shape index (κ2) is 9.01. The highest BCUT2D eigenvalue weighted by atomic mass is 16.4. The number of hydrogen-bond donors (Lipinski definition) is 4. The lowest BCUT2D eigenvalue weighted by Gasteiger charge is -2.33. The molecule has 0 unspecified atom stereocenters. The maximum Gasteiger partial charge on any atom is 0.336 e. The van der Waals surface area contributed by atoms with Crippen molar-refractivity contribution in [3.8, 4) is 0 Å². The first-order chi connectivity index (χ1) is 13.7. The second-order valence-corrected chi connectivity index (χ2v) is 6.51. The van der Waals surface area contributed by atoms with E-state index >= 15 is 0 Å². The van der Waals surface area contributed by atoms with Crippen molar-refractivity contribution in [1.29, 1.82) is 0 Å². The first-order valence-corrected chi connectivity index (χ1v) is 8.82. The van der Waals surface area contributed by atoms with E-state index in [1.807, 2.05) is 0 Å². The molecule has 0 spiro atoms. The van der Waals surface area contributed by atoms with Gasteiger partial charge in [0.15, 0.2) is 0 Å². The number of aromatic carboxylic acids is 2. The molecule has 2 aromatic rings. The largest absolute Gasteiger partial charge is 0.481 e. The summed E-state index contributed by atoms with van der Waals surface area (Å²) < 4.78 is 0. The summed E-state index contributed by atoms with van der Waals surface area (Å²) in [5.41, 5.74) is -2.59. The fourth-order valence-electron chi connectivity index (χ4n) is 3.50. The lowest BCUT2D eigenvalue weighted by Crippen LogP contribution is -2.40. The summed E-state index contributed by atoms with van der Waals surface area (Å²) in [7, 11) is 0. The summed E-state index contributed by atoms with van der Waals surface area (Å²) >= 11 is 0. The maximum atomic E-state index is 12.6. The third-order valence-corrected chi connectivity index (χ3v) is 4.79. The van der Waals surface area contributed by atoms with Crippen molar-refractivity contribution in [2.24, 2.45) is 0 Å². The van der Waals surface area contributed by atoms with Crippen LogP contribution in [-0.4, -0.2) is 44.3 Å². The molecule has 0 saturated heterocycles. The molecule has 29 heavy (non-hydrogen) atoms. The van der Waals surface area contributed by atoms with E-state index in [4.69, 9.17) is 5.11 Å². The Hall–Kier alpha value is -3.68. The molecule has 8 nitrogen and oxygen atoms in total. The Balaban J connectivity index is 2.77. The Morgan fingerprint density at radius 1 is 0.690 bits per heavy atom. The van der Waals surface area contributed by atoms with Crippen LogP contribution in [0.15, 0.2) is 48.5 Å². The highest BCUT2D eigenvalue weighted by Gasteiger charge is 2.46. The van der Waals surface area contributed by atoms with Crippen LogP contribution in [0.5, 0.6) is 0 Å². The molecule has 4 N–H and O–H groups in total. The monoisotopic (exact) mass is 400 g/mol. The molecule has 0 aliphatic carbocycles. The predicted octanol–water partition coefficient (Wildman–Crippen LogP) is 3.10. The Labute approximate surface area is 166 Å². The summed E-state index contributed by atoms with van der Waals surface area (Å²) in [5, 5.41) is 38.3. The quantitative estimate of drug-likeness (QED) is 0.444. The van der Waals surface area contributed by atoms with Crippen molar-refractivity contribution >= 4 is 23.9 Å². The Kier molecular flexibility index (Phi) is 6.71. The third-order valence-electron chi connectivity index (χ3n) is 4.79. The highest BCUT2D eigenvalue weighted by Crippen LogP contribution is 2.41. The molecule has 0 amide bonds. The lowest BCUT2D eigenvalue weighted by atomic mass is 9.68. The molecule has 8 heteroatoms. The van der Waals surface area contributed by atoms with Gasteiger partial charge < -0.3 is 20.4 Å². The molecule has 2 aromatic carbocycles. The van der Waals surface area contributed by atoms with Gasteiger partial charge in [-0.2, -0.15) is 0 Å². The fourth-order valence-corrected chi connectivity index (χ4v) is 3.50. The number of unbranched alkanes of at least 4 members (excludes halogenated alkanes) is 1. The van der Waals surface area contributed by atoms with Crippen molar-refractivity contribution in [1.82, 2.24) is 0 Å². The number of hydrogen-bond acceptors (Lipinski definition) is 4. The molecule has 0 aliphatic heterocycles. The molecule has 0 heterocycles. The van der Waals surface area contributed by atoms with Crippen molar-refractivity contribution < 1.29 is 39.6 Å². The number of benzene rings is 2. The predicted molar refractivity (Wildman–Crippen MR) is 101 cm³/mol. The summed E-state index contributed by atoms with van der Waals surface area (Å²) in [5.74, 6) is -5.13. The summed E-state index contributed by atoms with van der Waals surface area (Å²) in [6, 6.07) is 11.1. The average Bonchev–Trinajstić information content (AvgIpc) is 2.68. The third kappa shape index (κ3) is 4.43. The normalized spacial score (nSPS) is 11.0. The van der Waals surface area contributed by atoms with Crippen LogP contribution < -0.4 is 0 Å². The molecule has 0 atom stereocenters. The van der Waals surface area contributed by atoms with Gasteiger partial charge in [-0.05, 0) is 36.1 Å². The van der Waals surface area contributed by atoms with Crippen molar-refractivity contribution in [3.05, 3.63) is 70.8 Å². The van der Waals surface area contributed by atoms with Crippen LogP contribution >= 0.6 is 0 Å². The number of aliphatic carboxylic acids is 2. The smallest absolute Gasteiger partial charge is 0.336 e. The van der Waals surface area contributed by atoms with Gasteiger partial charge in [-0.25, -0.2) is 9.59 Å². The lowest BCUT2D eigenvalue weighted by molar-refractivity contribution is -0.142. The van der Waals surface area contributed by atoms with Gasteiger partial charge in [-0.15, -0.1) is 0 Å². The average molecular weight is 400 g/mol. The van der Waals surface area contributed by atoms with Crippen LogP contribution in [0.25, 0.3) is 0 Å². The maximum absolute atomic E-state index is 12.6. The van der Waals surface area contributed by atoms with Gasteiger partial charge in [0.25, 0.3) is 0 Å². The Morgan fingerprint density at radius 2 is 1.14 bits per heavy atom. The zero-order chi connectivity index (χ0) is 21.6. The summed E-state index contributed by atoms with van der Waals surface area (Å²) in [6.07, 6.45) is -0.0452. The number of carboxylic acid groups (broad SMARTS) is 4. The minimum Gasteiger partial charge on any atom is -0.481 e. The molecular weight excluding hydrogens is 380 g/mol. The van der Waals surface area contributed by atoms with Crippen LogP contribution in [0, 0.1) is 0 Å². The fraction of sp³-hybridized carbons (Fsp3) is 0.238. The summed E-state index contributed by atoms with van der Waals surface area (Å²) in [4.78, 5) is 47.0. The van der Waals surface area contributed by atoms with Crippen LogP contribution in [0.3, 0.4) is 0 Å². The van der Waals surface area contributed by atoms with E-state index in [1.165, 1.54) is 48.5 Å². The first-order valence-electron chi connectivity index (χ1n) is 8.82. The van der Waals surface area contributed by atoms with Crippen LogP contribution in [0.2, 0.25) is 0 Å². The van der Waals surface area contributed by atoms with Gasteiger partial charge in [0.1, 0.15) is 5.41 Å². The topological polar surface area (TPSA) is 149 Å². The molecule has 0 saturated carbocycles. The van der Waals surface area contributed by atoms with E-state index in [2.05, 4.69) is 0 Å². The van der Waals surface area contributed by atoms with Gasteiger partial charge in [-0.1, -0.05) is 42.8 Å². The van der Waals surface area contributed by atoms with E-state index < -0.39 is 29.3 Å². The van der Waals surface area contributed by atoms with E-state index in [1.54, 1.807) is 0 Å². The van der Waals surface area contributed by atoms with Gasteiger partial charge in [0.2, 0.25) is 0 Å². The van der Waals surface area contributed by atoms with Crippen molar-refractivity contribution in [3.63, 3.8) is 0 Å². The van der Waals surface area contributed by atoms with Crippen LogP contribution in [-0.2, 0) is 15.0 Å². The Bertz CT molecular complexity index is 890. The van der Waals surface area contributed by atoms with Crippen LogP contribution in [0.4, 0.5) is 0 Å². The summed E-state index contributed by atoms with van der Waals surface area (Å²) in [6.45, 7) is 0. The standard InChI is InChI=1S/C21H20O8/c22-17(23)11-5-6-12-21(20(28)29,15-9-3-1-7-13(15)18(24)25)16-10-4-2-8-14(16)19(26)27/h1-4,7-10H,5-6,11-12H2,(H,22,23)(H,24,25)(H,26,27)(H,28,29). The SMILES string of the molecule is O=C(O)CCCCC(C(=O)O)(c1ccccc1C(=O)O)c1ccccc1C(=O)O. The van der Waals surface area contributed by atoms with E-state index in [0.717, 1.165) is 0 Å². The molecule has 152 valence electrons. The molecule has 0 fully saturated rings. The number of carbonyl (C=O) groups is 4. The zero-order valence-corrected chi connectivity index (χ0v) is 15.4. The van der Waals surface area contributed by atoms with Gasteiger partial charge in [0.05, 0.1) is 11.1 Å². The molecule has 0 aliphatic rings. The first kappa shape index (κ1) is 21.6. The molecule has 0 aromatic heterocycles. The highest BCUT2D eigenvalue weighted by molar-refractivity contribution is 5.98.